The van der Waals surface area contributed by atoms with Gasteiger partial charge in [-0.3, -0.25) is 0 Å². The Labute approximate surface area is 290 Å². The van der Waals surface area contributed by atoms with E-state index in [9.17, 15) is 9.59 Å². The smallest absolute Gasteiger partial charge is 0.408 e. The molecule has 43 heavy (non-hydrogen) atoms. The molecule has 0 aromatic rings. The maximum atomic E-state index is 11.7. The van der Waals surface area contributed by atoms with Gasteiger partial charge in [-0.1, -0.05) is 0 Å². The van der Waals surface area contributed by atoms with Crippen molar-refractivity contribution in [3.05, 3.63) is 0 Å². The summed E-state index contributed by atoms with van der Waals surface area (Å²) in [7, 11) is 0. The van der Waals surface area contributed by atoms with E-state index in [1.165, 1.54) is 83.4 Å². The molecule has 23 heteroatoms. The zero-order valence-corrected chi connectivity index (χ0v) is 30.5. The summed E-state index contributed by atoms with van der Waals surface area (Å²) in [5.41, 5.74) is 0. The number of hydrogen-bond donors (Lipinski definition) is 4. The maximum Gasteiger partial charge on any atom is 0.408 e. The summed E-state index contributed by atoms with van der Waals surface area (Å²) in [5.74, 6) is 3.97. The number of thioether (sulfide) groups is 9. The molecule has 0 heterocycles. The molecular weight excluding hydrogens is 745 g/mol. The number of nitrogens with one attached hydrogen (secondary N) is 2. The van der Waals surface area contributed by atoms with Crippen molar-refractivity contribution in [2.75, 3.05) is 92.3 Å². The van der Waals surface area contributed by atoms with Gasteiger partial charge < -0.3 is 40.1 Å². The van der Waals surface area contributed by atoms with Crippen LogP contribution in [0.4, 0.5) is 9.59 Å². The van der Waals surface area contributed by atoms with Crippen LogP contribution in [0.2, 0.25) is 0 Å². The van der Waals surface area contributed by atoms with Gasteiger partial charge >= 0.3 is 12.2 Å². The van der Waals surface area contributed by atoms with Crippen LogP contribution in [0.3, 0.4) is 0 Å². The molecule has 0 unspecified atom stereocenters. The fraction of sp³-hybridized carbons (Fsp3) is 0.800. The number of alkyl carbamates (subject to hydrolysis) is 2. The molecule has 0 spiro atoms. The van der Waals surface area contributed by atoms with Crippen LogP contribution in [0.25, 0.3) is 0 Å². The molecule has 0 aromatic carbocycles. The molecule has 0 saturated heterocycles. The van der Waals surface area contributed by atoms with Gasteiger partial charge in [-0.25, -0.2) is 19.6 Å². The third kappa shape index (κ3) is 38.6. The zero-order chi connectivity index (χ0) is 31.3. The Kier molecular flexibility index (Phi) is 39.1. The van der Waals surface area contributed by atoms with Crippen molar-refractivity contribution in [3.8, 4) is 0 Å². The summed E-state index contributed by atoms with van der Waals surface area (Å²) in [6, 6.07) is 0. The maximum absolute atomic E-state index is 11.7. The fourth-order valence-corrected chi connectivity index (χ4v) is 7.71. The van der Waals surface area contributed by atoms with E-state index in [2.05, 4.69) is 20.6 Å². The molecule has 252 valence electrons. The molecule has 4 N–H and O–H groups in total. The van der Waals surface area contributed by atoms with Crippen LogP contribution in [-0.4, -0.2) is 128 Å². The van der Waals surface area contributed by atoms with Crippen LogP contribution in [0.15, 0.2) is 9.98 Å². The Hall–Kier alpha value is 0.470. The first kappa shape index (κ1) is 43.5. The van der Waals surface area contributed by atoms with Crippen molar-refractivity contribution in [2.45, 2.75) is 0 Å². The first-order valence-electron chi connectivity index (χ1n) is 12.0. The van der Waals surface area contributed by atoms with Gasteiger partial charge in [0.25, 0.3) is 0 Å². The average Bonchev–Trinajstić information content (AvgIpc) is 3.00. The molecule has 0 atom stereocenters. The number of rotatable bonds is 32. The molecule has 0 aromatic heterocycles. The summed E-state index contributed by atoms with van der Waals surface area (Å²) in [5, 5.41) is 25.4. The van der Waals surface area contributed by atoms with Gasteiger partial charge in [0.2, 0.25) is 12.8 Å². The summed E-state index contributed by atoms with van der Waals surface area (Å²) < 4.78 is 10.1. The van der Waals surface area contributed by atoms with E-state index in [0.717, 1.165) is 15.3 Å². The Morgan fingerprint density at radius 3 is 1.77 bits per heavy atom. The minimum Gasteiger partial charge on any atom is -0.449 e. The van der Waals surface area contributed by atoms with E-state index >= 15 is 0 Å². The summed E-state index contributed by atoms with van der Waals surface area (Å²) in [6.07, 6.45) is 1.57. The van der Waals surface area contributed by atoms with Crippen molar-refractivity contribution in [2.24, 2.45) is 9.98 Å². The highest BCUT2D eigenvalue weighted by Crippen LogP contribution is 2.13. The van der Waals surface area contributed by atoms with E-state index in [1.54, 1.807) is 35.3 Å². The van der Waals surface area contributed by atoms with E-state index in [1.807, 2.05) is 0 Å². The fourth-order valence-electron chi connectivity index (χ4n) is 1.74. The highest BCUT2D eigenvalue weighted by molar-refractivity contribution is 8.17. The second-order valence-corrected chi connectivity index (χ2v) is 16.7. The number of carbonyl (C=O) groups excluding carboxylic acids is 2. The molecule has 0 aliphatic heterocycles. The van der Waals surface area contributed by atoms with Crippen LogP contribution in [0, 0.1) is 0 Å². The van der Waals surface area contributed by atoms with Gasteiger partial charge in [0.15, 0.2) is 0 Å². The van der Waals surface area contributed by atoms with Crippen LogP contribution in [-0.2, 0) is 29.0 Å². The number of aliphatic imine (C=N–C) groups is 2. The minimum atomic E-state index is -0.464. The predicted molar refractivity (Wildman–Crippen MR) is 191 cm³/mol. The SMILES string of the molecule is O=C(NCSCSCN=COOCSCSCO)OCCSCCOOC=NCSCSCNC(=O)OCSCSCO. The van der Waals surface area contributed by atoms with Crippen LogP contribution < -0.4 is 10.6 Å². The Morgan fingerprint density at radius 1 is 0.605 bits per heavy atom. The quantitative estimate of drug-likeness (QED) is 0.0187. The highest BCUT2D eigenvalue weighted by Gasteiger charge is 2.02. The zero-order valence-electron chi connectivity index (χ0n) is 23.2. The summed E-state index contributed by atoms with van der Waals surface area (Å²) in [4.78, 5) is 50.7. The predicted octanol–water partition coefficient (Wildman–Crippen LogP) is 4.47. The van der Waals surface area contributed by atoms with Gasteiger partial charge in [-0.05, 0) is 0 Å². The molecule has 0 radical (unpaired) electrons. The van der Waals surface area contributed by atoms with E-state index in [-0.39, 0.29) is 17.8 Å². The molecular formula is C20H38N4O10S9. The Balaban J connectivity index is 3.29. The molecule has 0 saturated carbocycles. The third-order valence-electron chi connectivity index (χ3n) is 3.37. The standard InChI is InChI=1S/C20H38N4O10S9/c25-11-40-17-42-13-30-20(28)24-10-39-16-36-7-21-5-32-31-2-4-35-3-1-29-19(27)23-9-38-15-37-8-22-6-33-34-14-43-18-41-12-26/h5-6,25-26H,1-4,7-18H2,(H,23,27)(H,24,28). The average molecular weight is 783 g/mol. The second kappa shape index (κ2) is 38.7. The molecule has 2 amide bonds. The topological polar surface area (TPSA) is 179 Å². The molecule has 0 rings (SSSR count). The highest BCUT2D eigenvalue weighted by atomic mass is 32.2. The van der Waals surface area contributed by atoms with Crippen molar-refractivity contribution in [3.63, 3.8) is 0 Å². The number of nitrogens with zero attached hydrogens (tertiary/aromatic N) is 2. The molecule has 0 aliphatic carbocycles. The number of amides is 2. The molecule has 0 fully saturated rings. The number of hydrogen-bond acceptors (Lipinski definition) is 21. The van der Waals surface area contributed by atoms with Crippen molar-refractivity contribution >= 4 is 131 Å². The second-order valence-electron chi connectivity index (χ2n) is 6.39. The van der Waals surface area contributed by atoms with Crippen molar-refractivity contribution in [1.29, 1.82) is 0 Å². The first-order chi connectivity index (χ1) is 21.2. The lowest BCUT2D eigenvalue weighted by atomic mass is 10.8. The van der Waals surface area contributed by atoms with Gasteiger partial charge in [-0.2, -0.15) is 21.5 Å². The Morgan fingerprint density at radius 2 is 1.14 bits per heavy atom. The number of ether oxygens (including phenoxy) is 2. The lowest BCUT2D eigenvalue weighted by Crippen LogP contribution is -2.24. The molecule has 0 bridgehead atoms. The van der Waals surface area contributed by atoms with E-state index < -0.39 is 12.2 Å². The number of aliphatic hydroxyl groups is 2. The number of carbonyl (C=O) groups is 2. The van der Waals surface area contributed by atoms with Gasteiger partial charge in [-0.15, -0.1) is 94.1 Å². The van der Waals surface area contributed by atoms with Gasteiger partial charge in [0.05, 0.1) is 35.4 Å². The largest absolute Gasteiger partial charge is 0.449 e. The molecule has 0 aliphatic rings. The van der Waals surface area contributed by atoms with E-state index in [4.69, 9.17) is 39.2 Å². The third-order valence-corrected chi connectivity index (χ3v) is 11.9. The Bertz CT molecular complexity index is 697. The first-order valence-corrected chi connectivity index (χ1v) is 22.4. The van der Waals surface area contributed by atoms with Crippen molar-refractivity contribution < 1.29 is 48.8 Å². The van der Waals surface area contributed by atoms with Gasteiger partial charge in [0, 0.05) is 31.8 Å². The lowest BCUT2D eigenvalue weighted by molar-refractivity contribution is -0.210. The summed E-state index contributed by atoms with van der Waals surface area (Å²) in [6.45, 7) is 0.664. The normalized spacial score (nSPS) is 11.2. The minimum absolute atomic E-state index is 0.0550. The lowest BCUT2D eigenvalue weighted by Gasteiger charge is -2.06. The number of aliphatic hydroxyl groups excluding tert-OH is 2. The van der Waals surface area contributed by atoms with Crippen LogP contribution in [0.1, 0.15) is 0 Å². The van der Waals surface area contributed by atoms with Gasteiger partial charge in [0.1, 0.15) is 25.1 Å². The monoisotopic (exact) mass is 782 g/mol. The van der Waals surface area contributed by atoms with Crippen LogP contribution >= 0.6 is 106 Å². The van der Waals surface area contributed by atoms with Crippen molar-refractivity contribution in [1.82, 2.24) is 10.6 Å². The van der Waals surface area contributed by atoms with Crippen LogP contribution in [0.5, 0.6) is 0 Å². The summed E-state index contributed by atoms with van der Waals surface area (Å²) >= 11 is 13.4. The van der Waals surface area contributed by atoms with E-state index in [0.29, 0.717) is 59.3 Å². The molecule has 14 nitrogen and oxygen atoms in total.